The third kappa shape index (κ3) is 4.10. The van der Waals surface area contributed by atoms with Gasteiger partial charge in [-0.3, -0.25) is 4.79 Å². The Morgan fingerprint density at radius 2 is 2.12 bits per heavy atom. The van der Waals surface area contributed by atoms with Gasteiger partial charge in [-0.05, 0) is 38.5 Å². The van der Waals surface area contributed by atoms with E-state index in [0.717, 1.165) is 0 Å². The number of ketones is 1. The highest BCUT2D eigenvalue weighted by Gasteiger charge is 2.20. The summed E-state index contributed by atoms with van der Waals surface area (Å²) in [7, 11) is 1.59. The van der Waals surface area contributed by atoms with Gasteiger partial charge >= 0.3 is 0 Å². The minimum atomic E-state index is -0.533. The monoisotopic (exact) mass is 258 g/mol. The topological polar surface area (TPSA) is 26.3 Å². The number of halogens is 2. The molecule has 0 bridgehead atoms. The van der Waals surface area contributed by atoms with Crippen LogP contribution in [0, 0.1) is 5.82 Å². The van der Waals surface area contributed by atoms with Crippen molar-refractivity contribution in [1.82, 2.24) is 0 Å². The number of benzene rings is 1. The third-order valence-electron chi connectivity index (χ3n) is 2.74. The fourth-order valence-corrected chi connectivity index (χ4v) is 1.53. The van der Waals surface area contributed by atoms with E-state index in [1.807, 2.05) is 13.8 Å². The summed E-state index contributed by atoms with van der Waals surface area (Å²) in [4.78, 5) is 11.8. The molecule has 0 atom stereocenters. The molecule has 94 valence electrons. The Morgan fingerprint density at radius 1 is 1.47 bits per heavy atom. The lowest BCUT2D eigenvalue weighted by Gasteiger charge is -2.22. The zero-order chi connectivity index (χ0) is 13.1. The van der Waals surface area contributed by atoms with Crippen LogP contribution in [0.2, 0.25) is 5.02 Å². The first-order valence-corrected chi connectivity index (χ1v) is 5.77. The maximum Gasteiger partial charge on any atom is 0.165 e. The van der Waals surface area contributed by atoms with Crippen LogP contribution in [-0.2, 0) is 4.74 Å². The maximum absolute atomic E-state index is 13.4. The molecule has 0 aliphatic rings. The van der Waals surface area contributed by atoms with Gasteiger partial charge in [-0.1, -0.05) is 11.6 Å². The molecule has 1 aromatic carbocycles. The summed E-state index contributed by atoms with van der Waals surface area (Å²) < 4.78 is 18.6. The van der Waals surface area contributed by atoms with E-state index in [9.17, 15) is 9.18 Å². The fraction of sp³-hybridized carbons (Fsp3) is 0.462. The van der Waals surface area contributed by atoms with Gasteiger partial charge in [0.25, 0.3) is 0 Å². The molecule has 0 amide bonds. The predicted molar refractivity (Wildman–Crippen MR) is 66.1 cm³/mol. The fourth-order valence-electron chi connectivity index (χ4n) is 1.36. The lowest BCUT2D eigenvalue weighted by molar-refractivity contribution is 0.0141. The second kappa shape index (κ2) is 5.61. The van der Waals surface area contributed by atoms with Crippen LogP contribution in [0.5, 0.6) is 0 Å². The summed E-state index contributed by atoms with van der Waals surface area (Å²) in [6, 6.07) is 3.99. The molecule has 0 saturated heterocycles. The molecule has 0 aliphatic carbocycles. The Labute approximate surface area is 106 Å². The second-order valence-electron chi connectivity index (χ2n) is 4.51. The van der Waals surface area contributed by atoms with E-state index >= 15 is 0 Å². The molecular weight excluding hydrogens is 243 g/mol. The van der Waals surface area contributed by atoms with Crippen molar-refractivity contribution in [2.45, 2.75) is 32.3 Å². The lowest BCUT2D eigenvalue weighted by Crippen LogP contribution is -2.23. The first-order valence-electron chi connectivity index (χ1n) is 5.39. The van der Waals surface area contributed by atoms with E-state index in [4.69, 9.17) is 16.3 Å². The number of Topliss-reactive ketones (excluding diaryl/α,β-unsaturated/α-hetero) is 1. The summed E-state index contributed by atoms with van der Waals surface area (Å²) in [5.41, 5.74) is -0.338. The van der Waals surface area contributed by atoms with Gasteiger partial charge in [0.15, 0.2) is 5.78 Å². The van der Waals surface area contributed by atoms with E-state index in [2.05, 4.69) is 0 Å². The molecule has 17 heavy (non-hydrogen) atoms. The highest BCUT2D eigenvalue weighted by molar-refractivity contribution is 6.31. The van der Waals surface area contributed by atoms with E-state index < -0.39 is 5.82 Å². The Kier molecular flexibility index (Phi) is 4.66. The highest BCUT2D eigenvalue weighted by Crippen LogP contribution is 2.20. The molecule has 1 aromatic rings. The van der Waals surface area contributed by atoms with Crippen molar-refractivity contribution in [2.75, 3.05) is 7.11 Å². The van der Waals surface area contributed by atoms with E-state index in [-0.39, 0.29) is 23.4 Å². The van der Waals surface area contributed by atoms with Gasteiger partial charge in [0.2, 0.25) is 0 Å². The van der Waals surface area contributed by atoms with Gasteiger partial charge in [-0.25, -0.2) is 4.39 Å². The van der Waals surface area contributed by atoms with E-state index in [1.165, 1.54) is 18.2 Å². The summed E-state index contributed by atoms with van der Waals surface area (Å²) in [5, 5.41) is 0.362. The zero-order valence-corrected chi connectivity index (χ0v) is 11.0. The molecule has 0 radical (unpaired) electrons. The predicted octanol–water partition coefficient (Wildman–Crippen LogP) is 3.87. The number of ether oxygens (including phenoxy) is 1. The first kappa shape index (κ1) is 14.1. The molecule has 0 aliphatic heterocycles. The van der Waals surface area contributed by atoms with Crippen molar-refractivity contribution in [1.29, 1.82) is 0 Å². The Balaban J connectivity index is 2.74. The molecule has 0 unspecified atom stereocenters. The summed E-state index contributed by atoms with van der Waals surface area (Å²) in [6.45, 7) is 3.77. The van der Waals surface area contributed by atoms with Gasteiger partial charge in [-0.15, -0.1) is 0 Å². The van der Waals surface area contributed by atoms with E-state index in [0.29, 0.717) is 11.4 Å². The number of rotatable bonds is 5. The molecule has 0 aromatic heterocycles. The molecule has 2 nitrogen and oxygen atoms in total. The number of carbonyl (C=O) groups is 1. The van der Waals surface area contributed by atoms with Crippen LogP contribution in [0.3, 0.4) is 0 Å². The molecule has 1 rings (SSSR count). The van der Waals surface area contributed by atoms with Gasteiger partial charge in [0.05, 0.1) is 11.2 Å². The normalized spacial score (nSPS) is 11.6. The summed E-state index contributed by atoms with van der Waals surface area (Å²) in [5.74, 6) is -0.787. The standard InChI is InChI=1S/C13H16ClFO2/c1-13(2,17-3)7-6-12(16)10-8-9(14)4-5-11(10)15/h4-5,8H,6-7H2,1-3H3. The maximum atomic E-state index is 13.4. The minimum Gasteiger partial charge on any atom is -0.379 e. The van der Waals surface area contributed by atoms with Crippen molar-refractivity contribution in [3.05, 3.63) is 34.6 Å². The first-order chi connectivity index (χ1) is 7.85. The Bertz CT molecular complexity index is 416. The number of carbonyl (C=O) groups excluding carboxylic acids is 1. The van der Waals surface area contributed by atoms with Crippen LogP contribution in [0.4, 0.5) is 4.39 Å². The molecule has 0 heterocycles. The molecule has 0 spiro atoms. The van der Waals surface area contributed by atoms with Crippen molar-refractivity contribution in [2.24, 2.45) is 0 Å². The molecule has 0 saturated carbocycles. The second-order valence-corrected chi connectivity index (χ2v) is 4.95. The highest BCUT2D eigenvalue weighted by atomic mass is 35.5. The average molecular weight is 259 g/mol. The molecule has 4 heteroatoms. The van der Waals surface area contributed by atoms with Crippen molar-refractivity contribution in [3.8, 4) is 0 Å². The molecular formula is C13H16ClFO2. The lowest BCUT2D eigenvalue weighted by atomic mass is 9.97. The van der Waals surface area contributed by atoms with Crippen LogP contribution in [0.15, 0.2) is 18.2 Å². The van der Waals surface area contributed by atoms with Crippen LogP contribution < -0.4 is 0 Å². The summed E-state index contributed by atoms with van der Waals surface area (Å²) in [6.07, 6.45) is 0.770. The minimum absolute atomic E-state index is 0.0457. The van der Waals surface area contributed by atoms with Crippen LogP contribution >= 0.6 is 11.6 Å². The Hall–Kier alpha value is -0.930. The largest absolute Gasteiger partial charge is 0.379 e. The quantitative estimate of drug-likeness (QED) is 0.750. The molecule has 0 fully saturated rings. The average Bonchev–Trinajstić information content (AvgIpc) is 2.29. The van der Waals surface area contributed by atoms with Crippen LogP contribution in [0.1, 0.15) is 37.0 Å². The van der Waals surface area contributed by atoms with Crippen molar-refractivity contribution in [3.63, 3.8) is 0 Å². The SMILES string of the molecule is COC(C)(C)CCC(=O)c1cc(Cl)ccc1F. The summed E-state index contributed by atoms with van der Waals surface area (Å²) >= 11 is 5.73. The van der Waals surface area contributed by atoms with Gasteiger partial charge in [0.1, 0.15) is 5.82 Å². The van der Waals surface area contributed by atoms with Gasteiger partial charge < -0.3 is 4.74 Å². The Morgan fingerprint density at radius 3 is 2.71 bits per heavy atom. The third-order valence-corrected chi connectivity index (χ3v) is 2.97. The number of methoxy groups -OCH3 is 1. The van der Waals surface area contributed by atoms with Crippen molar-refractivity contribution < 1.29 is 13.9 Å². The zero-order valence-electron chi connectivity index (χ0n) is 10.2. The number of hydrogen-bond donors (Lipinski definition) is 0. The van der Waals surface area contributed by atoms with Crippen LogP contribution in [-0.4, -0.2) is 18.5 Å². The van der Waals surface area contributed by atoms with Crippen molar-refractivity contribution >= 4 is 17.4 Å². The smallest absolute Gasteiger partial charge is 0.165 e. The van der Waals surface area contributed by atoms with E-state index in [1.54, 1.807) is 7.11 Å². The van der Waals surface area contributed by atoms with Gasteiger partial charge in [-0.2, -0.15) is 0 Å². The number of hydrogen-bond acceptors (Lipinski definition) is 2. The van der Waals surface area contributed by atoms with Crippen LogP contribution in [0.25, 0.3) is 0 Å². The molecule has 0 N–H and O–H groups in total. The van der Waals surface area contributed by atoms with Gasteiger partial charge in [0, 0.05) is 18.6 Å².